The first kappa shape index (κ1) is 14.8. The lowest BCUT2D eigenvalue weighted by molar-refractivity contribution is 0.155. The number of aryl methyl sites for hydroxylation is 1. The second-order valence-electron chi connectivity index (χ2n) is 4.40. The number of hydrogen-bond acceptors (Lipinski definition) is 3. The van der Waals surface area contributed by atoms with Gasteiger partial charge < -0.3 is 9.84 Å². The number of carbonyl (C=O) groups is 1. The highest BCUT2D eigenvalue weighted by atomic mass is 19.1. The van der Waals surface area contributed by atoms with Crippen molar-refractivity contribution < 1.29 is 23.4 Å². The molecule has 0 fully saturated rings. The largest absolute Gasteiger partial charge is 0.503 e. The minimum absolute atomic E-state index is 0.0245. The van der Waals surface area contributed by atoms with E-state index in [4.69, 9.17) is 4.74 Å². The predicted molar refractivity (Wildman–Crippen MR) is 73.0 cm³/mol. The molecule has 0 aliphatic carbocycles. The second kappa shape index (κ2) is 6.21. The van der Waals surface area contributed by atoms with Crippen molar-refractivity contribution in [3.8, 4) is 5.75 Å². The Kier molecular flexibility index (Phi) is 4.37. The minimum atomic E-state index is -1.02. The Bertz CT molecular complexity index is 633. The molecule has 0 saturated heterocycles. The van der Waals surface area contributed by atoms with Gasteiger partial charge in [-0.15, -0.1) is 0 Å². The Balaban J connectivity index is 2.07. The first-order chi connectivity index (χ1) is 9.99. The van der Waals surface area contributed by atoms with Crippen LogP contribution in [0.25, 0.3) is 0 Å². The van der Waals surface area contributed by atoms with Gasteiger partial charge in [-0.25, -0.2) is 13.6 Å². The van der Waals surface area contributed by atoms with Crippen LogP contribution in [0.5, 0.6) is 5.75 Å². The van der Waals surface area contributed by atoms with E-state index in [0.717, 1.165) is 11.6 Å². The van der Waals surface area contributed by atoms with Gasteiger partial charge in [-0.3, -0.25) is 5.32 Å². The highest BCUT2D eigenvalue weighted by Gasteiger charge is 2.18. The summed E-state index contributed by atoms with van der Waals surface area (Å²) >= 11 is 0. The molecule has 2 N–H and O–H groups in total. The highest BCUT2D eigenvalue weighted by molar-refractivity contribution is 5.87. The molecule has 110 valence electrons. The molecule has 2 aromatic rings. The standard InChI is InChI=1S/C15H13F2NO3/c1-9-7-11(16)14(19)13(12(9)17)18-15(20)21-8-10-5-3-2-4-6-10/h2-7,19H,8H2,1H3,(H,18,20). The van der Waals surface area contributed by atoms with Crippen molar-refractivity contribution in [2.75, 3.05) is 5.32 Å². The first-order valence-electron chi connectivity index (χ1n) is 6.14. The number of anilines is 1. The number of nitrogens with one attached hydrogen (secondary N) is 1. The van der Waals surface area contributed by atoms with Crippen molar-refractivity contribution in [2.45, 2.75) is 13.5 Å². The summed E-state index contributed by atoms with van der Waals surface area (Å²) in [6, 6.07) is 9.70. The van der Waals surface area contributed by atoms with Gasteiger partial charge in [0.25, 0.3) is 0 Å². The lowest BCUT2D eigenvalue weighted by Gasteiger charge is -2.11. The van der Waals surface area contributed by atoms with Gasteiger partial charge in [0.1, 0.15) is 12.3 Å². The summed E-state index contributed by atoms with van der Waals surface area (Å²) in [6.07, 6.45) is -0.988. The van der Waals surface area contributed by atoms with Crippen molar-refractivity contribution in [3.05, 3.63) is 59.2 Å². The maximum atomic E-state index is 13.8. The zero-order chi connectivity index (χ0) is 15.4. The third-order valence-corrected chi connectivity index (χ3v) is 2.81. The number of phenols is 1. The molecule has 6 heteroatoms. The van der Waals surface area contributed by atoms with Crippen LogP contribution in [0, 0.1) is 18.6 Å². The third-order valence-electron chi connectivity index (χ3n) is 2.81. The van der Waals surface area contributed by atoms with Gasteiger partial charge in [-0.05, 0) is 24.1 Å². The van der Waals surface area contributed by atoms with Gasteiger partial charge in [-0.2, -0.15) is 0 Å². The van der Waals surface area contributed by atoms with Crippen LogP contribution >= 0.6 is 0 Å². The van der Waals surface area contributed by atoms with E-state index in [1.54, 1.807) is 24.3 Å². The molecule has 0 aliphatic rings. The number of hydrogen-bond donors (Lipinski definition) is 2. The normalized spacial score (nSPS) is 10.2. The van der Waals surface area contributed by atoms with E-state index in [2.05, 4.69) is 0 Å². The molecular formula is C15H13F2NO3. The molecule has 1 amide bonds. The van der Waals surface area contributed by atoms with Crippen molar-refractivity contribution in [2.24, 2.45) is 0 Å². The Hall–Kier alpha value is -2.63. The van der Waals surface area contributed by atoms with E-state index in [9.17, 15) is 18.7 Å². The van der Waals surface area contributed by atoms with E-state index in [1.165, 1.54) is 6.92 Å². The fourth-order valence-corrected chi connectivity index (χ4v) is 1.72. The van der Waals surface area contributed by atoms with Gasteiger partial charge >= 0.3 is 6.09 Å². The van der Waals surface area contributed by atoms with E-state index >= 15 is 0 Å². The first-order valence-corrected chi connectivity index (χ1v) is 6.14. The van der Waals surface area contributed by atoms with Crippen molar-refractivity contribution in [1.82, 2.24) is 0 Å². The van der Waals surface area contributed by atoms with Crippen LogP contribution in [0.2, 0.25) is 0 Å². The highest BCUT2D eigenvalue weighted by Crippen LogP contribution is 2.31. The Morgan fingerprint density at radius 1 is 1.29 bits per heavy atom. The SMILES string of the molecule is Cc1cc(F)c(O)c(NC(=O)OCc2ccccc2)c1F. The Morgan fingerprint density at radius 3 is 2.62 bits per heavy atom. The molecule has 21 heavy (non-hydrogen) atoms. The molecule has 2 rings (SSSR count). The lowest BCUT2D eigenvalue weighted by Crippen LogP contribution is -2.15. The molecule has 0 saturated carbocycles. The summed E-state index contributed by atoms with van der Waals surface area (Å²) in [5.41, 5.74) is 0.0713. The van der Waals surface area contributed by atoms with Crippen LogP contribution in [-0.4, -0.2) is 11.2 Å². The number of aromatic hydroxyl groups is 1. The summed E-state index contributed by atoms with van der Waals surface area (Å²) in [4.78, 5) is 11.6. The molecular weight excluding hydrogens is 280 g/mol. The topological polar surface area (TPSA) is 58.6 Å². The van der Waals surface area contributed by atoms with Crippen LogP contribution < -0.4 is 5.32 Å². The minimum Gasteiger partial charge on any atom is -0.503 e. The van der Waals surface area contributed by atoms with Gasteiger partial charge in [0.15, 0.2) is 17.4 Å². The monoisotopic (exact) mass is 293 g/mol. The van der Waals surface area contributed by atoms with Crippen molar-refractivity contribution in [1.29, 1.82) is 0 Å². The fraction of sp³-hybridized carbons (Fsp3) is 0.133. The molecule has 0 aromatic heterocycles. The smallest absolute Gasteiger partial charge is 0.412 e. The van der Waals surface area contributed by atoms with Gasteiger partial charge in [0, 0.05) is 0 Å². The molecule has 0 heterocycles. The van der Waals surface area contributed by atoms with Crippen LogP contribution in [0.3, 0.4) is 0 Å². The quantitative estimate of drug-likeness (QED) is 0.848. The lowest BCUT2D eigenvalue weighted by atomic mass is 10.2. The zero-order valence-corrected chi connectivity index (χ0v) is 11.2. The van der Waals surface area contributed by atoms with E-state index in [0.29, 0.717) is 0 Å². The molecule has 0 unspecified atom stereocenters. The van der Waals surface area contributed by atoms with Crippen molar-refractivity contribution >= 4 is 11.8 Å². The van der Waals surface area contributed by atoms with Crippen molar-refractivity contribution in [3.63, 3.8) is 0 Å². The zero-order valence-electron chi connectivity index (χ0n) is 11.2. The van der Waals surface area contributed by atoms with Gasteiger partial charge in [0.2, 0.25) is 0 Å². The molecule has 2 aromatic carbocycles. The number of phenolic OH excluding ortho intramolecular Hbond substituents is 1. The molecule has 0 radical (unpaired) electrons. The van der Waals surface area contributed by atoms with Crippen LogP contribution in [0.4, 0.5) is 19.3 Å². The van der Waals surface area contributed by atoms with Crippen LogP contribution in [-0.2, 0) is 11.3 Å². The van der Waals surface area contributed by atoms with Crippen LogP contribution in [0.1, 0.15) is 11.1 Å². The van der Waals surface area contributed by atoms with Crippen LogP contribution in [0.15, 0.2) is 36.4 Å². The third kappa shape index (κ3) is 3.47. The molecule has 0 atom stereocenters. The molecule has 0 bridgehead atoms. The van der Waals surface area contributed by atoms with Gasteiger partial charge in [-0.1, -0.05) is 30.3 Å². The average molecular weight is 293 g/mol. The fourth-order valence-electron chi connectivity index (χ4n) is 1.72. The van der Waals surface area contributed by atoms with E-state index < -0.39 is 29.2 Å². The Labute approximate surface area is 120 Å². The number of ether oxygens (including phenoxy) is 1. The molecule has 4 nitrogen and oxygen atoms in total. The van der Waals surface area contributed by atoms with E-state index in [-0.39, 0.29) is 12.2 Å². The number of halogens is 2. The number of benzene rings is 2. The van der Waals surface area contributed by atoms with E-state index in [1.807, 2.05) is 11.4 Å². The molecule has 0 aliphatic heterocycles. The summed E-state index contributed by atoms with van der Waals surface area (Å²) in [7, 11) is 0. The summed E-state index contributed by atoms with van der Waals surface area (Å²) in [6.45, 7) is 1.29. The second-order valence-corrected chi connectivity index (χ2v) is 4.40. The summed E-state index contributed by atoms with van der Waals surface area (Å²) < 4.78 is 32.0. The maximum absolute atomic E-state index is 13.8. The summed E-state index contributed by atoms with van der Waals surface area (Å²) in [5, 5.41) is 11.5. The summed E-state index contributed by atoms with van der Waals surface area (Å²) in [5.74, 6) is -2.90. The van der Waals surface area contributed by atoms with Gasteiger partial charge in [0.05, 0.1) is 0 Å². The number of amides is 1. The maximum Gasteiger partial charge on any atom is 0.412 e. The number of carbonyl (C=O) groups excluding carboxylic acids is 1. The molecule has 0 spiro atoms. The predicted octanol–water partition coefficient (Wildman–Crippen LogP) is 3.73. The average Bonchev–Trinajstić information content (AvgIpc) is 2.48. The number of rotatable bonds is 3. The Morgan fingerprint density at radius 2 is 1.95 bits per heavy atom.